The number of benzene rings is 2. The molecule has 17 heavy (non-hydrogen) atoms. The fraction of sp³-hybridized carbons (Fsp3) is 0.0625. The molecule has 0 saturated heterocycles. The first-order valence-corrected chi connectivity index (χ1v) is 5.54. The summed E-state index contributed by atoms with van der Waals surface area (Å²) in [6.07, 6.45) is 1.61. The second kappa shape index (κ2) is 5.14. The maximum absolute atomic E-state index is 8.92. The molecule has 2 aromatic carbocycles. The van der Waals surface area contributed by atoms with Crippen molar-refractivity contribution in [2.45, 2.75) is 6.92 Å². The Morgan fingerprint density at radius 3 is 2.29 bits per heavy atom. The van der Waals surface area contributed by atoms with Gasteiger partial charge < -0.3 is 0 Å². The van der Waals surface area contributed by atoms with E-state index in [1.165, 1.54) is 5.56 Å². The zero-order chi connectivity index (χ0) is 12.1. The minimum Gasteiger partial charge on any atom is -0.193 e. The average Bonchev–Trinajstić information content (AvgIpc) is 2.38. The van der Waals surface area contributed by atoms with E-state index in [2.05, 4.69) is 19.1 Å². The Morgan fingerprint density at radius 1 is 1.00 bits per heavy atom. The lowest BCUT2D eigenvalue weighted by Crippen LogP contribution is -1.90. The number of aryl methyl sites for hydroxylation is 1. The topological polar surface area (TPSA) is 23.8 Å². The first kappa shape index (κ1) is 11.2. The second-order valence-electron chi connectivity index (χ2n) is 3.87. The lowest BCUT2D eigenvalue weighted by atomic mass is 9.94. The Labute approximate surface area is 102 Å². The van der Waals surface area contributed by atoms with Gasteiger partial charge in [-0.15, -0.1) is 0 Å². The molecule has 0 saturated carbocycles. The Balaban J connectivity index is 2.57. The molecule has 0 atom stereocenters. The van der Waals surface area contributed by atoms with Crippen LogP contribution in [0.5, 0.6) is 0 Å². The predicted molar refractivity (Wildman–Crippen MR) is 70.3 cm³/mol. The maximum Gasteiger partial charge on any atom is 0.0918 e. The molecule has 0 spiro atoms. The predicted octanol–water partition coefficient (Wildman–Crippen LogP) is 3.95. The summed E-state index contributed by atoms with van der Waals surface area (Å²) in [5.74, 6) is 0. The highest BCUT2D eigenvalue weighted by molar-refractivity contribution is 5.82. The molecule has 0 N–H and O–H groups in total. The van der Waals surface area contributed by atoms with Crippen LogP contribution in [0.25, 0.3) is 5.57 Å². The molecule has 0 radical (unpaired) electrons. The summed E-state index contributed by atoms with van der Waals surface area (Å²) in [4.78, 5) is 0. The highest BCUT2D eigenvalue weighted by Gasteiger charge is 2.06. The number of allylic oxidation sites excluding steroid dienone is 1. The Morgan fingerprint density at radius 2 is 1.65 bits per heavy atom. The normalized spacial score (nSPS) is 10.9. The molecule has 2 rings (SSSR count). The van der Waals surface area contributed by atoms with Gasteiger partial charge >= 0.3 is 0 Å². The molecular formula is C16H13N. The lowest BCUT2D eigenvalue weighted by Gasteiger charge is -2.09. The van der Waals surface area contributed by atoms with Gasteiger partial charge in [0.1, 0.15) is 0 Å². The molecule has 0 heterocycles. The van der Waals surface area contributed by atoms with Crippen LogP contribution in [0.15, 0.2) is 60.7 Å². The van der Waals surface area contributed by atoms with Gasteiger partial charge in [-0.2, -0.15) is 5.26 Å². The van der Waals surface area contributed by atoms with Crippen LogP contribution in [-0.4, -0.2) is 0 Å². The molecule has 0 aliphatic carbocycles. The van der Waals surface area contributed by atoms with E-state index < -0.39 is 0 Å². The molecule has 2 aromatic rings. The van der Waals surface area contributed by atoms with E-state index in [1.807, 2.05) is 48.5 Å². The monoisotopic (exact) mass is 219 g/mol. The summed E-state index contributed by atoms with van der Waals surface area (Å²) in [5.41, 5.74) is 4.34. The van der Waals surface area contributed by atoms with Gasteiger partial charge in [-0.1, -0.05) is 54.6 Å². The lowest BCUT2D eigenvalue weighted by molar-refractivity contribution is 1.41. The van der Waals surface area contributed by atoms with Gasteiger partial charge in [-0.25, -0.2) is 0 Å². The van der Waals surface area contributed by atoms with Crippen molar-refractivity contribution in [3.63, 3.8) is 0 Å². The fourth-order valence-electron chi connectivity index (χ4n) is 1.87. The molecule has 0 aliphatic heterocycles. The summed E-state index contributed by atoms with van der Waals surface area (Å²) < 4.78 is 0. The highest BCUT2D eigenvalue weighted by atomic mass is 14.2. The second-order valence-corrected chi connectivity index (χ2v) is 3.87. The van der Waals surface area contributed by atoms with Crippen LogP contribution in [0.2, 0.25) is 0 Å². The zero-order valence-corrected chi connectivity index (χ0v) is 9.72. The van der Waals surface area contributed by atoms with Crippen molar-refractivity contribution >= 4 is 5.57 Å². The van der Waals surface area contributed by atoms with E-state index in [9.17, 15) is 0 Å². The third-order valence-corrected chi connectivity index (χ3v) is 2.73. The van der Waals surface area contributed by atoms with Crippen molar-refractivity contribution in [1.29, 1.82) is 5.26 Å². The summed E-state index contributed by atoms with van der Waals surface area (Å²) >= 11 is 0. The molecule has 1 nitrogen and oxygen atoms in total. The van der Waals surface area contributed by atoms with Crippen molar-refractivity contribution in [3.05, 3.63) is 77.4 Å². The Bertz CT molecular complexity index is 574. The van der Waals surface area contributed by atoms with Crippen molar-refractivity contribution in [3.8, 4) is 6.07 Å². The van der Waals surface area contributed by atoms with Crippen molar-refractivity contribution < 1.29 is 0 Å². The first-order chi connectivity index (χ1) is 8.33. The van der Waals surface area contributed by atoms with Crippen molar-refractivity contribution in [2.75, 3.05) is 0 Å². The minimum atomic E-state index is 0.978. The maximum atomic E-state index is 8.92. The molecule has 0 bridgehead atoms. The smallest absolute Gasteiger partial charge is 0.0918 e. The molecule has 0 aromatic heterocycles. The van der Waals surface area contributed by atoms with Crippen LogP contribution in [0, 0.1) is 18.3 Å². The summed E-state index contributed by atoms with van der Waals surface area (Å²) in [6, 6.07) is 20.2. The van der Waals surface area contributed by atoms with Crippen LogP contribution in [0.3, 0.4) is 0 Å². The number of rotatable bonds is 2. The molecule has 0 amide bonds. The largest absolute Gasteiger partial charge is 0.193 e. The summed E-state index contributed by atoms with van der Waals surface area (Å²) in [7, 11) is 0. The first-order valence-electron chi connectivity index (χ1n) is 5.54. The average molecular weight is 219 g/mol. The van der Waals surface area contributed by atoms with E-state index in [0.717, 1.165) is 16.7 Å². The third-order valence-electron chi connectivity index (χ3n) is 2.73. The van der Waals surface area contributed by atoms with Crippen LogP contribution < -0.4 is 0 Å². The van der Waals surface area contributed by atoms with Crippen LogP contribution >= 0.6 is 0 Å². The standard InChI is InChI=1S/C16H13N/c1-13-7-5-6-10-15(13)16(11-12-17)14-8-3-2-4-9-14/h2-11H,1H3. The van der Waals surface area contributed by atoms with Crippen LogP contribution in [0.4, 0.5) is 0 Å². The fourth-order valence-corrected chi connectivity index (χ4v) is 1.87. The molecule has 0 fully saturated rings. The van der Waals surface area contributed by atoms with E-state index in [-0.39, 0.29) is 0 Å². The molecular weight excluding hydrogens is 206 g/mol. The highest BCUT2D eigenvalue weighted by Crippen LogP contribution is 2.25. The number of hydrogen-bond donors (Lipinski definition) is 0. The van der Waals surface area contributed by atoms with Gasteiger partial charge in [0.15, 0.2) is 0 Å². The summed E-state index contributed by atoms with van der Waals surface area (Å²) in [5, 5.41) is 8.92. The molecule has 82 valence electrons. The van der Waals surface area contributed by atoms with Crippen LogP contribution in [0.1, 0.15) is 16.7 Å². The van der Waals surface area contributed by atoms with Gasteiger partial charge in [-0.05, 0) is 29.2 Å². The van der Waals surface area contributed by atoms with E-state index in [1.54, 1.807) is 6.08 Å². The quantitative estimate of drug-likeness (QED) is 0.701. The Kier molecular flexibility index (Phi) is 3.37. The minimum absolute atomic E-state index is 0.978. The third kappa shape index (κ3) is 2.43. The molecule has 1 heteroatoms. The van der Waals surface area contributed by atoms with Gasteiger partial charge in [0.2, 0.25) is 0 Å². The van der Waals surface area contributed by atoms with Gasteiger partial charge in [0.05, 0.1) is 6.07 Å². The summed E-state index contributed by atoms with van der Waals surface area (Å²) in [6.45, 7) is 2.06. The molecule has 0 unspecified atom stereocenters. The van der Waals surface area contributed by atoms with Crippen LogP contribution in [-0.2, 0) is 0 Å². The number of nitrogens with zero attached hydrogens (tertiary/aromatic N) is 1. The van der Waals surface area contributed by atoms with E-state index in [4.69, 9.17) is 5.26 Å². The number of nitriles is 1. The number of hydrogen-bond acceptors (Lipinski definition) is 1. The van der Waals surface area contributed by atoms with Gasteiger partial charge in [0, 0.05) is 6.08 Å². The van der Waals surface area contributed by atoms with Gasteiger partial charge in [0.25, 0.3) is 0 Å². The zero-order valence-electron chi connectivity index (χ0n) is 9.72. The van der Waals surface area contributed by atoms with E-state index in [0.29, 0.717) is 0 Å². The van der Waals surface area contributed by atoms with Crippen molar-refractivity contribution in [1.82, 2.24) is 0 Å². The van der Waals surface area contributed by atoms with Crippen molar-refractivity contribution in [2.24, 2.45) is 0 Å². The SMILES string of the molecule is Cc1ccccc1C(=CC#N)c1ccccc1. The Hall–Kier alpha value is -2.33. The molecule has 0 aliphatic rings. The van der Waals surface area contributed by atoms with E-state index >= 15 is 0 Å². The van der Waals surface area contributed by atoms with Gasteiger partial charge in [-0.3, -0.25) is 0 Å².